The van der Waals surface area contributed by atoms with Crippen LogP contribution in [0.15, 0.2) is 29.3 Å². The maximum Gasteiger partial charge on any atom is 0.305 e. The van der Waals surface area contributed by atoms with E-state index in [-0.39, 0.29) is 5.97 Å². The summed E-state index contributed by atoms with van der Waals surface area (Å²) in [5.41, 5.74) is 2.85. The molecule has 0 amide bonds. The van der Waals surface area contributed by atoms with Crippen LogP contribution < -0.4 is 5.32 Å². The molecule has 0 radical (unpaired) electrons. The fourth-order valence-electron chi connectivity index (χ4n) is 3.19. The highest BCUT2D eigenvalue weighted by atomic mass is 16.5. The first kappa shape index (κ1) is 19.3. The predicted octanol–water partition coefficient (Wildman–Crippen LogP) is 3.13. The SMILES string of the molecule is CCOC(=O)CCCCCCNC(=NC)N1CCc2ccccc2C1. The van der Waals surface area contributed by atoms with Gasteiger partial charge in [-0.3, -0.25) is 9.79 Å². The van der Waals surface area contributed by atoms with Crippen LogP contribution in [0.4, 0.5) is 0 Å². The van der Waals surface area contributed by atoms with Crippen LogP contribution in [0.3, 0.4) is 0 Å². The van der Waals surface area contributed by atoms with Crippen LogP contribution in [0.1, 0.15) is 50.2 Å². The third-order valence-electron chi connectivity index (χ3n) is 4.54. The Kier molecular flexibility index (Phi) is 8.29. The van der Waals surface area contributed by atoms with Crippen LogP contribution in [-0.2, 0) is 22.5 Å². The van der Waals surface area contributed by atoms with E-state index in [1.807, 2.05) is 14.0 Å². The molecule has 0 unspecified atom stereocenters. The molecule has 0 atom stereocenters. The van der Waals surface area contributed by atoms with Gasteiger partial charge >= 0.3 is 5.97 Å². The van der Waals surface area contributed by atoms with Crippen molar-refractivity contribution in [1.82, 2.24) is 10.2 Å². The number of ether oxygens (including phenoxy) is 1. The molecule has 5 heteroatoms. The van der Waals surface area contributed by atoms with Gasteiger partial charge in [-0.15, -0.1) is 0 Å². The Balaban J connectivity index is 1.62. The lowest BCUT2D eigenvalue weighted by atomic mass is 10.0. The van der Waals surface area contributed by atoms with Gasteiger partial charge in [0.25, 0.3) is 0 Å². The molecule has 1 heterocycles. The zero-order valence-electron chi connectivity index (χ0n) is 15.6. The second kappa shape index (κ2) is 10.7. The number of carbonyl (C=O) groups excluding carboxylic acids is 1. The highest BCUT2D eigenvalue weighted by Gasteiger charge is 2.18. The lowest BCUT2D eigenvalue weighted by molar-refractivity contribution is -0.143. The van der Waals surface area contributed by atoms with Gasteiger partial charge in [-0.1, -0.05) is 37.1 Å². The summed E-state index contributed by atoms with van der Waals surface area (Å²) in [6, 6.07) is 8.65. The standard InChI is InChI=1S/C20H31N3O2/c1-3-25-19(24)12-6-4-5-9-14-22-20(21-2)23-15-13-17-10-7-8-11-18(17)16-23/h7-8,10-11H,3-6,9,12-16H2,1-2H3,(H,21,22). The lowest BCUT2D eigenvalue weighted by Crippen LogP contribution is -2.44. The number of hydrogen-bond acceptors (Lipinski definition) is 3. The van der Waals surface area contributed by atoms with Gasteiger partial charge in [-0.25, -0.2) is 0 Å². The Morgan fingerprint density at radius 2 is 1.96 bits per heavy atom. The third-order valence-corrected chi connectivity index (χ3v) is 4.54. The van der Waals surface area contributed by atoms with E-state index in [9.17, 15) is 4.79 Å². The Labute approximate surface area is 151 Å². The predicted molar refractivity (Wildman–Crippen MR) is 102 cm³/mol. The van der Waals surface area contributed by atoms with Crippen molar-refractivity contribution in [2.24, 2.45) is 4.99 Å². The fraction of sp³-hybridized carbons (Fsp3) is 0.600. The number of benzene rings is 1. The van der Waals surface area contributed by atoms with E-state index in [4.69, 9.17) is 4.74 Å². The summed E-state index contributed by atoms with van der Waals surface area (Å²) in [6.45, 7) is 5.18. The van der Waals surface area contributed by atoms with Gasteiger partial charge in [0, 0.05) is 33.1 Å². The third kappa shape index (κ3) is 6.40. The summed E-state index contributed by atoms with van der Waals surface area (Å²) < 4.78 is 4.94. The van der Waals surface area contributed by atoms with Crippen molar-refractivity contribution >= 4 is 11.9 Å². The van der Waals surface area contributed by atoms with Crippen molar-refractivity contribution in [1.29, 1.82) is 0 Å². The molecule has 0 aromatic heterocycles. The van der Waals surface area contributed by atoms with Crippen LogP contribution in [0.5, 0.6) is 0 Å². The molecule has 138 valence electrons. The Morgan fingerprint density at radius 3 is 2.72 bits per heavy atom. The summed E-state index contributed by atoms with van der Waals surface area (Å²) in [5.74, 6) is 0.910. The average Bonchev–Trinajstić information content (AvgIpc) is 2.64. The molecule has 1 aromatic carbocycles. The molecule has 0 saturated heterocycles. The van der Waals surface area contributed by atoms with Gasteiger partial charge in [-0.2, -0.15) is 0 Å². The number of nitrogens with zero attached hydrogens (tertiary/aromatic N) is 2. The largest absolute Gasteiger partial charge is 0.466 e. The summed E-state index contributed by atoms with van der Waals surface area (Å²) in [6.07, 6.45) is 5.80. The highest BCUT2D eigenvalue weighted by molar-refractivity contribution is 5.80. The molecule has 1 N–H and O–H groups in total. The van der Waals surface area contributed by atoms with E-state index in [0.29, 0.717) is 13.0 Å². The van der Waals surface area contributed by atoms with E-state index in [2.05, 4.69) is 39.5 Å². The first-order valence-electron chi connectivity index (χ1n) is 9.42. The van der Waals surface area contributed by atoms with E-state index in [0.717, 1.165) is 57.7 Å². The van der Waals surface area contributed by atoms with Crippen molar-refractivity contribution in [2.75, 3.05) is 26.7 Å². The Bertz CT molecular complexity index is 572. The maximum absolute atomic E-state index is 11.3. The first-order chi connectivity index (χ1) is 12.2. The van der Waals surface area contributed by atoms with E-state index in [1.165, 1.54) is 11.1 Å². The lowest BCUT2D eigenvalue weighted by Gasteiger charge is -2.31. The maximum atomic E-state index is 11.3. The number of rotatable bonds is 8. The van der Waals surface area contributed by atoms with Gasteiger partial charge in [0.1, 0.15) is 0 Å². The van der Waals surface area contributed by atoms with Crippen molar-refractivity contribution in [3.63, 3.8) is 0 Å². The number of aliphatic imine (C=N–C) groups is 1. The smallest absolute Gasteiger partial charge is 0.305 e. The fourth-order valence-corrected chi connectivity index (χ4v) is 3.19. The number of guanidine groups is 1. The van der Waals surface area contributed by atoms with Gasteiger partial charge in [-0.05, 0) is 37.3 Å². The van der Waals surface area contributed by atoms with Gasteiger partial charge < -0.3 is 15.0 Å². The molecule has 5 nitrogen and oxygen atoms in total. The number of hydrogen-bond donors (Lipinski definition) is 1. The van der Waals surface area contributed by atoms with Gasteiger partial charge in [0.15, 0.2) is 5.96 Å². The number of carbonyl (C=O) groups is 1. The molecule has 0 aliphatic carbocycles. The molecule has 1 aromatic rings. The van der Waals surface area contributed by atoms with Gasteiger partial charge in [0.2, 0.25) is 0 Å². The monoisotopic (exact) mass is 345 g/mol. The zero-order chi connectivity index (χ0) is 17.9. The summed E-state index contributed by atoms with van der Waals surface area (Å²) >= 11 is 0. The molecule has 1 aliphatic heterocycles. The minimum absolute atomic E-state index is 0.0774. The van der Waals surface area contributed by atoms with Crippen molar-refractivity contribution in [2.45, 2.75) is 52.0 Å². The summed E-state index contributed by atoms with van der Waals surface area (Å²) in [7, 11) is 1.85. The highest BCUT2D eigenvalue weighted by Crippen LogP contribution is 2.18. The van der Waals surface area contributed by atoms with Crippen LogP contribution in [0.25, 0.3) is 0 Å². The Hall–Kier alpha value is -2.04. The van der Waals surface area contributed by atoms with Crippen LogP contribution in [0.2, 0.25) is 0 Å². The normalized spacial score (nSPS) is 14.2. The molecule has 2 rings (SSSR count). The number of fused-ring (bicyclic) bond motifs is 1. The van der Waals surface area contributed by atoms with E-state index >= 15 is 0 Å². The average molecular weight is 345 g/mol. The van der Waals surface area contributed by atoms with Crippen molar-refractivity contribution in [3.05, 3.63) is 35.4 Å². The number of unbranched alkanes of at least 4 members (excludes halogenated alkanes) is 3. The second-order valence-corrected chi connectivity index (χ2v) is 6.38. The Morgan fingerprint density at radius 1 is 1.20 bits per heavy atom. The van der Waals surface area contributed by atoms with Crippen molar-refractivity contribution < 1.29 is 9.53 Å². The topological polar surface area (TPSA) is 53.9 Å². The quantitative estimate of drug-likeness (QED) is 0.340. The summed E-state index contributed by atoms with van der Waals surface area (Å²) in [5, 5.41) is 3.47. The molecule has 0 saturated carbocycles. The minimum Gasteiger partial charge on any atom is -0.466 e. The van der Waals surface area contributed by atoms with E-state index < -0.39 is 0 Å². The second-order valence-electron chi connectivity index (χ2n) is 6.38. The first-order valence-corrected chi connectivity index (χ1v) is 9.42. The molecule has 0 fully saturated rings. The van der Waals surface area contributed by atoms with E-state index in [1.54, 1.807) is 0 Å². The van der Waals surface area contributed by atoms with Crippen LogP contribution in [0, 0.1) is 0 Å². The molecular formula is C20H31N3O2. The number of nitrogens with one attached hydrogen (secondary N) is 1. The minimum atomic E-state index is -0.0774. The molecular weight excluding hydrogens is 314 g/mol. The van der Waals surface area contributed by atoms with Gasteiger partial charge in [0.05, 0.1) is 6.61 Å². The zero-order valence-corrected chi connectivity index (χ0v) is 15.6. The van der Waals surface area contributed by atoms with Crippen LogP contribution in [-0.4, -0.2) is 43.6 Å². The van der Waals surface area contributed by atoms with Crippen LogP contribution >= 0.6 is 0 Å². The molecule has 0 spiro atoms. The number of esters is 1. The summed E-state index contributed by atoms with van der Waals surface area (Å²) in [4.78, 5) is 18.0. The molecule has 1 aliphatic rings. The van der Waals surface area contributed by atoms with Crippen molar-refractivity contribution in [3.8, 4) is 0 Å². The molecule has 25 heavy (non-hydrogen) atoms. The molecule has 0 bridgehead atoms.